The van der Waals surface area contributed by atoms with Gasteiger partial charge in [-0.1, -0.05) is 31.1 Å². The highest BCUT2D eigenvalue weighted by Gasteiger charge is 2.08. The molecule has 3 N–H and O–H groups in total. The first-order valence-electron chi connectivity index (χ1n) is 7.00. The minimum Gasteiger partial charge on any atom is -0.370 e. The summed E-state index contributed by atoms with van der Waals surface area (Å²) < 4.78 is 5.15. The van der Waals surface area contributed by atoms with Crippen LogP contribution in [-0.4, -0.2) is 22.6 Å². The standard InChI is InChI=1S/C15H21N5O/c1-10(2)14-19-13(21-20-14)7-8-17-15(16)18-12-6-4-5-11(3)9-12/h4-6,9-10H,7-8H2,1-3H3,(H3,16,17,18). The lowest BCUT2D eigenvalue weighted by molar-refractivity contribution is 0.372. The average Bonchev–Trinajstić information content (AvgIpc) is 2.87. The Labute approximate surface area is 124 Å². The highest BCUT2D eigenvalue weighted by atomic mass is 16.5. The van der Waals surface area contributed by atoms with E-state index < -0.39 is 0 Å². The van der Waals surface area contributed by atoms with Gasteiger partial charge in [0.2, 0.25) is 5.89 Å². The van der Waals surface area contributed by atoms with E-state index in [1.54, 1.807) is 0 Å². The number of guanidine groups is 1. The second kappa shape index (κ2) is 6.88. The van der Waals surface area contributed by atoms with Crippen molar-refractivity contribution in [3.63, 3.8) is 0 Å². The Hall–Kier alpha value is -2.37. The van der Waals surface area contributed by atoms with Crippen LogP contribution < -0.4 is 11.1 Å². The molecule has 1 aromatic heterocycles. The summed E-state index contributed by atoms with van der Waals surface area (Å²) >= 11 is 0. The Morgan fingerprint density at radius 3 is 2.90 bits per heavy atom. The Bertz CT molecular complexity index is 618. The third kappa shape index (κ3) is 4.59. The third-order valence-electron chi connectivity index (χ3n) is 2.90. The van der Waals surface area contributed by atoms with E-state index in [-0.39, 0.29) is 5.92 Å². The van der Waals surface area contributed by atoms with Crippen molar-refractivity contribution >= 4 is 11.6 Å². The Kier molecular flexibility index (Phi) is 4.92. The number of aryl methyl sites for hydroxylation is 1. The Morgan fingerprint density at radius 2 is 2.24 bits per heavy atom. The predicted octanol–water partition coefficient (Wildman–Crippen LogP) is 2.47. The molecule has 0 unspecified atom stereocenters. The maximum atomic E-state index is 5.85. The van der Waals surface area contributed by atoms with Crippen LogP contribution in [0.3, 0.4) is 0 Å². The minimum absolute atomic E-state index is 0.263. The number of aliphatic imine (C=N–C) groups is 1. The molecule has 0 aliphatic carbocycles. The van der Waals surface area contributed by atoms with Crippen molar-refractivity contribution in [2.75, 3.05) is 11.9 Å². The van der Waals surface area contributed by atoms with Crippen LogP contribution in [0, 0.1) is 6.92 Å². The van der Waals surface area contributed by atoms with Crippen molar-refractivity contribution < 1.29 is 4.52 Å². The normalized spacial score (nSPS) is 11.9. The number of anilines is 1. The van der Waals surface area contributed by atoms with Gasteiger partial charge in [0.1, 0.15) is 0 Å². The molecule has 6 nitrogen and oxygen atoms in total. The van der Waals surface area contributed by atoms with Gasteiger partial charge in [-0.3, -0.25) is 4.99 Å². The van der Waals surface area contributed by atoms with Gasteiger partial charge in [-0.25, -0.2) is 0 Å². The summed E-state index contributed by atoms with van der Waals surface area (Å²) in [5, 5.41) is 6.96. The molecule has 0 saturated heterocycles. The number of nitrogens with one attached hydrogen (secondary N) is 1. The molecular formula is C15H21N5O. The third-order valence-corrected chi connectivity index (χ3v) is 2.90. The van der Waals surface area contributed by atoms with Gasteiger partial charge in [0, 0.05) is 18.0 Å². The van der Waals surface area contributed by atoms with Crippen molar-refractivity contribution in [1.29, 1.82) is 0 Å². The van der Waals surface area contributed by atoms with Crippen LogP contribution in [0.2, 0.25) is 0 Å². The van der Waals surface area contributed by atoms with Crippen LogP contribution in [-0.2, 0) is 6.42 Å². The lowest BCUT2D eigenvalue weighted by Gasteiger charge is -2.05. The van der Waals surface area contributed by atoms with Crippen molar-refractivity contribution in [2.45, 2.75) is 33.1 Å². The average molecular weight is 287 g/mol. The molecule has 0 spiro atoms. The van der Waals surface area contributed by atoms with Crippen LogP contribution in [0.15, 0.2) is 33.8 Å². The van der Waals surface area contributed by atoms with E-state index in [4.69, 9.17) is 10.3 Å². The molecule has 112 valence electrons. The van der Waals surface area contributed by atoms with E-state index in [0.717, 1.165) is 11.5 Å². The molecular weight excluding hydrogens is 266 g/mol. The quantitative estimate of drug-likeness (QED) is 0.651. The maximum Gasteiger partial charge on any atom is 0.228 e. The minimum atomic E-state index is 0.263. The van der Waals surface area contributed by atoms with Gasteiger partial charge < -0.3 is 15.6 Å². The van der Waals surface area contributed by atoms with Gasteiger partial charge >= 0.3 is 0 Å². The molecule has 0 aliphatic heterocycles. The molecule has 2 aromatic rings. The van der Waals surface area contributed by atoms with Gasteiger partial charge in [-0.15, -0.1) is 0 Å². The van der Waals surface area contributed by atoms with Gasteiger partial charge in [-0.05, 0) is 24.6 Å². The predicted molar refractivity (Wildman–Crippen MR) is 83.4 cm³/mol. The lowest BCUT2D eigenvalue weighted by Crippen LogP contribution is -2.23. The fraction of sp³-hybridized carbons (Fsp3) is 0.400. The van der Waals surface area contributed by atoms with E-state index in [2.05, 4.69) is 20.4 Å². The van der Waals surface area contributed by atoms with E-state index in [1.807, 2.05) is 45.0 Å². The SMILES string of the molecule is Cc1cccc(NC(N)=NCCc2nc(C(C)C)no2)c1. The fourth-order valence-electron chi connectivity index (χ4n) is 1.79. The first-order valence-corrected chi connectivity index (χ1v) is 7.00. The van der Waals surface area contributed by atoms with E-state index in [0.29, 0.717) is 24.8 Å². The molecule has 21 heavy (non-hydrogen) atoms. The van der Waals surface area contributed by atoms with Crippen LogP contribution in [0.25, 0.3) is 0 Å². The molecule has 0 atom stereocenters. The smallest absolute Gasteiger partial charge is 0.228 e. The second-order valence-corrected chi connectivity index (χ2v) is 5.21. The summed E-state index contributed by atoms with van der Waals surface area (Å²) in [5.74, 6) is 1.95. The fourth-order valence-corrected chi connectivity index (χ4v) is 1.79. The van der Waals surface area contributed by atoms with Crippen LogP contribution in [0.4, 0.5) is 5.69 Å². The summed E-state index contributed by atoms with van der Waals surface area (Å²) in [7, 11) is 0. The highest BCUT2D eigenvalue weighted by Crippen LogP contribution is 2.10. The van der Waals surface area contributed by atoms with Gasteiger partial charge in [0.15, 0.2) is 11.8 Å². The van der Waals surface area contributed by atoms with E-state index in [9.17, 15) is 0 Å². The molecule has 6 heteroatoms. The van der Waals surface area contributed by atoms with Crippen LogP contribution >= 0.6 is 0 Å². The molecule has 0 amide bonds. The van der Waals surface area contributed by atoms with E-state index in [1.165, 1.54) is 5.56 Å². The second-order valence-electron chi connectivity index (χ2n) is 5.21. The maximum absolute atomic E-state index is 5.85. The van der Waals surface area contributed by atoms with Crippen molar-refractivity contribution in [1.82, 2.24) is 10.1 Å². The number of nitrogens with two attached hydrogens (primary N) is 1. The zero-order valence-corrected chi connectivity index (χ0v) is 12.6. The molecule has 0 fully saturated rings. The number of hydrogen-bond donors (Lipinski definition) is 2. The summed E-state index contributed by atoms with van der Waals surface area (Å²) in [5.41, 5.74) is 7.94. The monoisotopic (exact) mass is 287 g/mol. The van der Waals surface area contributed by atoms with Gasteiger partial charge in [0.05, 0.1) is 6.54 Å². The summed E-state index contributed by atoms with van der Waals surface area (Å²) in [4.78, 5) is 8.55. The molecule has 1 aromatic carbocycles. The summed E-state index contributed by atoms with van der Waals surface area (Å²) in [6, 6.07) is 7.95. The first-order chi connectivity index (χ1) is 10.0. The van der Waals surface area contributed by atoms with Crippen LogP contribution in [0.5, 0.6) is 0 Å². The molecule has 0 saturated carbocycles. The molecule has 1 heterocycles. The molecule has 0 radical (unpaired) electrons. The topological polar surface area (TPSA) is 89.3 Å². The number of nitrogens with zero attached hydrogens (tertiary/aromatic N) is 3. The largest absolute Gasteiger partial charge is 0.370 e. The number of benzene rings is 1. The molecule has 0 bridgehead atoms. The van der Waals surface area contributed by atoms with Crippen molar-refractivity contribution in [3.8, 4) is 0 Å². The van der Waals surface area contributed by atoms with E-state index >= 15 is 0 Å². The van der Waals surface area contributed by atoms with Crippen LogP contribution in [0.1, 0.15) is 37.0 Å². The number of hydrogen-bond acceptors (Lipinski definition) is 4. The van der Waals surface area contributed by atoms with Crippen molar-refractivity contribution in [3.05, 3.63) is 41.5 Å². The zero-order chi connectivity index (χ0) is 15.2. The highest BCUT2D eigenvalue weighted by molar-refractivity contribution is 5.92. The van der Waals surface area contributed by atoms with Gasteiger partial charge in [0.25, 0.3) is 0 Å². The van der Waals surface area contributed by atoms with Crippen molar-refractivity contribution in [2.24, 2.45) is 10.7 Å². The zero-order valence-electron chi connectivity index (χ0n) is 12.6. The number of rotatable bonds is 5. The Balaban J connectivity index is 1.85. The molecule has 2 rings (SSSR count). The summed E-state index contributed by atoms with van der Waals surface area (Å²) in [6.45, 7) is 6.58. The first kappa shape index (κ1) is 15.0. The Morgan fingerprint density at radius 1 is 1.43 bits per heavy atom. The number of aromatic nitrogens is 2. The lowest BCUT2D eigenvalue weighted by atomic mass is 10.2. The molecule has 0 aliphatic rings. The summed E-state index contributed by atoms with van der Waals surface area (Å²) in [6.07, 6.45) is 0.579. The van der Waals surface area contributed by atoms with Gasteiger partial charge in [-0.2, -0.15) is 4.98 Å².